The van der Waals surface area contributed by atoms with Crippen molar-refractivity contribution in [3.8, 4) is 17.0 Å². The largest absolute Gasteiger partial charge is 0.497 e. The van der Waals surface area contributed by atoms with Crippen molar-refractivity contribution in [1.29, 1.82) is 0 Å². The summed E-state index contributed by atoms with van der Waals surface area (Å²) in [6.07, 6.45) is 1.07. The van der Waals surface area contributed by atoms with Crippen LogP contribution in [0.4, 0.5) is 0 Å². The third-order valence-corrected chi connectivity index (χ3v) is 6.11. The van der Waals surface area contributed by atoms with Crippen LogP contribution in [0.1, 0.15) is 17.8 Å². The summed E-state index contributed by atoms with van der Waals surface area (Å²) in [6, 6.07) is 7.59. The van der Waals surface area contributed by atoms with Crippen LogP contribution in [0.15, 0.2) is 29.6 Å². The lowest BCUT2D eigenvalue weighted by Gasteiger charge is -2.35. The lowest BCUT2D eigenvalue weighted by atomic mass is 10.2. The summed E-state index contributed by atoms with van der Waals surface area (Å²) in [5, 5.41) is 5.93. The number of benzene rings is 1. The van der Waals surface area contributed by atoms with E-state index in [4.69, 9.17) is 9.72 Å². The number of carbonyl (C=O) groups is 2. The Morgan fingerprint density at radius 3 is 2.64 bits per heavy atom. The number of piperazine rings is 1. The fourth-order valence-electron chi connectivity index (χ4n) is 3.62. The Balaban J connectivity index is 1.29. The Morgan fingerprint density at radius 1 is 1.25 bits per heavy atom. The number of thiazole rings is 1. The number of carbonyl (C=O) groups excluding carboxylic acids is 2. The van der Waals surface area contributed by atoms with Gasteiger partial charge in [0.2, 0.25) is 11.8 Å². The topological polar surface area (TPSA) is 74.8 Å². The molecule has 1 atom stereocenters. The third kappa shape index (κ3) is 4.18. The van der Waals surface area contributed by atoms with Crippen LogP contribution in [0.2, 0.25) is 0 Å². The van der Waals surface area contributed by atoms with Crippen molar-refractivity contribution in [2.45, 2.75) is 25.4 Å². The van der Waals surface area contributed by atoms with E-state index in [1.165, 1.54) is 0 Å². The van der Waals surface area contributed by atoms with Crippen LogP contribution in [0, 0.1) is 0 Å². The molecule has 2 fully saturated rings. The second-order valence-electron chi connectivity index (χ2n) is 7.12. The fraction of sp³-hybridized carbons (Fsp3) is 0.450. The number of hydrogen-bond donors (Lipinski definition) is 1. The molecule has 0 bridgehead atoms. The van der Waals surface area contributed by atoms with Gasteiger partial charge in [-0.1, -0.05) is 0 Å². The minimum absolute atomic E-state index is 0.0200. The lowest BCUT2D eigenvalue weighted by Crippen LogP contribution is -2.53. The number of amides is 2. The van der Waals surface area contributed by atoms with Gasteiger partial charge in [0, 0.05) is 43.5 Å². The summed E-state index contributed by atoms with van der Waals surface area (Å²) < 4.78 is 5.20. The molecule has 0 spiro atoms. The summed E-state index contributed by atoms with van der Waals surface area (Å²) >= 11 is 1.66. The highest BCUT2D eigenvalue weighted by Crippen LogP contribution is 2.25. The van der Waals surface area contributed by atoms with E-state index in [-0.39, 0.29) is 17.9 Å². The Kier molecular flexibility index (Phi) is 5.59. The van der Waals surface area contributed by atoms with E-state index in [1.807, 2.05) is 29.2 Å². The van der Waals surface area contributed by atoms with Crippen LogP contribution < -0.4 is 10.1 Å². The molecule has 1 aromatic carbocycles. The predicted octanol–water partition coefficient (Wildman–Crippen LogP) is 1.74. The second-order valence-corrected chi connectivity index (χ2v) is 8.06. The maximum absolute atomic E-state index is 12.5. The van der Waals surface area contributed by atoms with Gasteiger partial charge in [-0.25, -0.2) is 4.98 Å². The van der Waals surface area contributed by atoms with E-state index in [2.05, 4.69) is 15.6 Å². The Labute approximate surface area is 168 Å². The van der Waals surface area contributed by atoms with Crippen molar-refractivity contribution in [2.24, 2.45) is 0 Å². The molecule has 2 aromatic rings. The number of nitrogens with zero attached hydrogens (tertiary/aromatic N) is 3. The van der Waals surface area contributed by atoms with E-state index in [0.717, 1.165) is 41.6 Å². The Bertz CT molecular complexity index is 843. The second kappa shape index (κ2) is 8.28. The first-order valence-electron chi connectivity index (χ1n) is 9.52. The quantitative estimate of drug-likeness (QED) is 0.828. The normalized spacial score (nSPS) is 20.2. The maximum Gasteiger partial charge on any atom is 0.245 e. The van der Waals surface area contributed by atoms with Crippen molar-refractivity contribution in [1.82, 2.24) is 20.1 Å². The van der Waals surface area contributed by atoms with Gasteiger partial charge in [-0.05, 0) is 30.7 Å². The zero-order valence-corrected chi connectivity index (χ0v) is 16.7. The number of aromatic nitrogens is 1. The number of ether oxygens (including phenoxy) is 1. The van der Waals surface area contributed by atoms with Crippen molar-refractivity contribution < 1.29 is 14.3 Å². The average Bonchev–Trinajstić information content (AvgIpc) is 3.37. The maximum atomic E-state index is 12.5. The van der Waals surface area contributed by atoms with Crippen molar-refractivity contribution in [3.05, 3.63) is 34.7 Å². The molecule has 7 nitrogen and oxygen atoms in total. The summed E-state index contributed by atoms with van der Waals surface area (Å²) in [7, 11) is 1.66. The van der Waals surface area contributed by atoms with Crippen LogP contribution in [-0.2, 0) is 16.1 Å². The molecule has 28 heavy (non-hydrogen) atoms. The number of hydrogen-bond acceptors (Lipinski definition) is 6. The highest BCUT2D eigenvalue weighted by Gasteiger charge is 2.32. The van der Waals surface area contributed by atoms with Crippen molar-refractivity contribution >= 4 is 23.2 Å². The molecule has 2 amide bonds. The van der Waals surface area contributed by atoms with E-state index >= 15 is 0 Å². The smallest absolute Gasteiger partial charge is 0.245 e. The number of nitrogens with one attached hydrogen (secondary N) is 1. The van der Waals surface area contributed by atoms with Crippen LogP contribution in [0.3, 0.4) is 0 Å². The molecule has 3 heterocycles. The molecule has 2 aliphatic heterocycles. The Hall–Kier alpha value is -2.45. The molecule has 1 aromatic heterocycles. The molecule has 4 rings (SSSR count). The highest BCUT2D eigenvalue weighted by molar-refractivity contribution is 7.09. The molecule has 0 radical (unpaired) electrons. The lowest BCUT2D eigenvalue weighted by molar-refractivity contribution is -0.136. The zero-order valence-electron chi connectivity index (χ0n) is 15.9. The fourth-order valence-corrected chi connectivity index (χ4v) is 4.46. The predicted molar refractivity (Wildman–Crippen MR) is 107 cm³/mol. The van der Waals surface area contributed by atoms with Crippen molar-refractivity contribution in [2.75, 3.05) is 33.3 Å². The molecule has 8 heteroatoms. The average molecular weight is 401 g/mol. The van der Waals surface area contributed by atoms with E-state index in [0.29, 0.717) is 25.9 Å². The zero-order chi connectivity index (χ0) is 19.5. The van der Waals surface area contributed by atoms with Crippen LogP contribution in [-0.4, -0.2) is 65.9 Å². The van der Waals surface area contributed by atoms with Gasteiger partial charge in [0.1, 0.15) is 16.8 Å². The molecule has 0 aliphatic carbocycles. The first-order valence-corrected chi connectivity index (χ1v) is 10.4. The minimum Gasteiger partial charge on any atom is -0.497 e. The first kappa shape index (κ1) is 18.9. The van der Waals surface area contributed by atoms with Gasteiger partial charge < -0.3 is 15.0 Å². The molecule has 1 N–H and O–H groups in total. The monoisotopic (exact) mass is 400 g/mol. The minimum atomic E-state index is -0.329. The van der Waals surface area contributed by atoms with Crippen molar-refractivity contribution in [3.63, 3.8) is 0 Å². The van der Waals surface area contributed by atoms with Gasteiger partial charge in [0.05, 0.1) is 19.3 Å². The molecular formula is C20H24N4O3S. The van der Waals surface area contributed by atoms with E-state index < -0.39 is 0 Å². The third-order valence-electron chi connectivity index (χ3n) is 5.27. The first-order chi connectivity index (χ1) is 13.6. The number of rotatable bonds is 5. The SMILES string of the molecule is COc1ccc(-c2csc(CN3CCN(C(=O)C4CCC(=O)N4)CC3)n2)cc1. The molecule has 2 saturated heterocycles. The standard InChI is InChI=1S/C20H24N4O3S/c1-27-15-4-2-14(3-5-15)17-13-28-19(22-17)12-23-8-10-24(11-9-23)20(26)16-6-7-18(25)21-16/h2-5,13,16H,6-12H2,1H3,(H,21,25). The van der Waals surface area contributed by atoms with Gasteiger partial charge in [0.25, 0.3) is 0 Å². The van der Waals surface area contributed by atoms with Gasteiger partial charge in [0.15, 0.2) is 0 Å². The highest BCUT2D eigenvalue weighted by atomic mass is 32.1. The summed E-state index contributed by atoms with van der Waals surface area (Å²) in [5.74, 6) is 0.874. The van der Waals surface area contributed by atoms with Gasteiger partial charge in [-0.15, -0.1) is 11.3 Å². The number of methoxy groups -OCH3 is 1. The van der Waals surface area contributed by atoms with Crippen LogP contribution >= 0.6 is 11.3 Å². The molecule has 2 aliphatic rings. The summed E-state index contributed by atoms with van der Waals surface area (Å²) in [4.78, 5) is 32.8. The van der Waals surface area contributed by atoms with E-state index in [9.17, 15) is 9.59 Å². The molecular weight excluding hydrogens is 376 g/mol. The summed E-state index contributed by atoms with van der Waals surface area (Å²) in [5.41, 5.74) is 2.06. The molecule has 1 unspecified atom stereocenters. The summed E-state index contributed by atoms with van der Waals surface area (Å²) in [6.45, 7) is 3.83. The van der Waals surface area contributed by atoms with E-state index in [1.54, 1.807) is 18.4 Å². The van der Waals surface area contributed by atoms with Crippen LogP contribution in [0.5, 0.6) is 5.75 Å². The van der Waals surface area contributed by atoms with Gasteiger partial charge in [-0.2, -0.15) is 0 Å². The van der Waals surface area contributed by atoms with Gasteiger partial charge in [-0.3, -0.25) is 14.5 Å². The molecule has 0 saturated carbocycles. The van der Waals surface area contributed by atoms with Gasteiger partial charge >= 0.3 is 0 Å². The Morgan fingerprint density at radius 2 is 2.00 bits per heavy atom. The van der Waals surface area contributed by atoms with Crippen LogP contribution in [0.25, 0.3) is 11.3 Å². The molecule has 148 valence electrons.